The van der Waals surface area contributed by atoms with Gasteiger partial charge in [0, 0.05) is 26.1 Å². The number of ether oxygens (including phenoxy) is 1. The van der Waals surface area contributed by atoms with Crippen LogP contribution >= 0.6 is 0 Å². The van der Waals surface area contributed by atoms with E-state index in [0.717, 1.165) is 31.8 Å². The van der Waals surface area contributed by atoms with E-state index in [1.54, 1.807) is 0 Å². The van der Waals surface area contributed by atoms with Crippen molar-refractivity contribution < 1.29 is 9.84 Å². The Bertz CT molecular complexity index is 407. The predicted octanol–water partition coefficient (Wildman–Crippen LogP) is 1.66. The summed E-state index contributed by atoms with van der Waals surface area (Å²) < 4.78 is 5.49. The molecule has 1 atom stereocenters. The fourth-order valence-electron chi connectivity index (χ4n) is 2.13. The van der Waals surface area contributed by atoms with Gasteiger partial charge < -0.3 is 9.84 Å². The molecule has 1 aliphatic rings. The van der Waals surface area contributed by atoms with Crippen molar-refractivity contribution in [1.82, 2.24) is 4.90 Å². The molecule has 1 heterocycles. The van der Waals surface area contributed by atoms with Crippen LogP contribution in [0.1, 0.15) is 18.4 Å². The quantitative estimate of drug-likeness (QED) is 0.632. The van der Waals surface area contributed by atoms with Gasteiger partial charge in [-0.1, -0.05) is 12.1 Å². The lowest BCUT2D eigenvalue weighted by molar-refractivity contribution is 0.175. The van der Waals surface area contributed by atoms with E-state index < -0.39 is 0 Å². The van der Waals surface area contributed by atoms with Gasteiger partial charge in [0.05, 0.1) is 12.7 Å². The van der Waals surface area contributed by atoms with Gasteiger partial charge in [0.25, 0.3) is 0 Å². The Labute approximate surface area is 108 Å². The number of benzene rings is 1. The van der Waals surface area contributed by atoms with Crippen molar-refractivity contribution in [3.63, 3.8) is 0 Å². The van der Waals surface area contributed by atoms with Crippen LogP contribution in [0.25, 0.3) is 0 Å². The Kier molecular flexibility index (Phi) is 4.63. The van der Waals surface area contributed by atoms with Crippen LogP contribution in [0.3, 0.4) is 0 Å². The molecule has 0 bridgehead atoms. The van der Waals surface area contributed by atoms with E-state index >= 15 is 0 Å². The number of likely N-dealkylation sites (tertiary alicyclic amines) is 1. The molecule has 0 radical (unpaired) electrons. The number of aliphatic hydroxyl groups is 1. The first-order valence-corrected chi connectivity index (χ1v) is 6.33. The zero-order chi connectivity index (χ0) is 12.8. The maximum absolute atomic E-state index is 9.46. The first kappa shape index (κ1) is 12.9. The fourth-order valence-corrected chi connectivity index (χ4v) is 2.13. The lowest BCUT2D eigenvalue weighted by atomic mass is 10.2. The minimum atomic E-state index is -0.156. The van der Waals surface area contributed by atoms with Crippen LogP contribution in [0.2, 0.25) is 0 Å². The third-order valence-corrected chi connectivity index (χ3v) is 3.09. The molecule has 3 nitrogen and oxygen atoms in total. The fraction of sp³-hybridized carbons (Fsp3) is 0.467. The smallest absolute Gasteiger partial charge is 0.119 e. The Hall–Kier alpha value is -1.50. The van der Waals surface area contributed by atoms with Crippen molar-refractivity contribution in [2.45, 2.75) is 25.5 Å². The molecule has 1 saturated heterocycles. The first-order chi connectivity index (χ1) is 8.78. The normalized spacial score (nSPS) is 19.7. The monoisotopic (exact) mass is 245 g/mol. The summed E-state index contributed by atoms with van der Waals surface area (Å²) in [6, 6.07) is 8.07. The SMILES string of the molecule is C#CCCOc1ccc(CN2CC[C@H](O)C2)cc1. The van der Waals surface area contributed by atoms with Crippen LogP contribution in [-0.4, -0.2) is 35.8 Å². The summed E-state index contributed by atoms with van der Waals surface area (Å²) in [5, 5.41) is 9.46. The molecule has 1 aliphatic heterocycles. The molecule has 0 aliphatic carbocycles. The highest BCUT2D eigenvalue weighted by Crippen LogP contribution is 2.16. The van der Waals surface area contributed by atoms with E-state index in [2.05, 4.69) is 23.0 Å². The summed E-state index contributed by atoms with van der Waals surface area (Å²) in [4.78, 5) is 2.26. The summed E-state index contributed by atoms with van der Waals surface area (Å²) in [6.45, 7) is 3.21. The van der Waals surface area contributed by atoms with Crippen molar-refractivity contribution >= 4 is 0 Å². The average Bonchev–Trinajstić information content (AvgIpc) is 2.77. The number of rotatable bonds is 5. The predicted molar refractivity (Wildman–Crippen MR) is 71.3 cm³/mol. The van der Waals surface area contributed by atoms with Gasteiger partial charge in [0.2, 0.25) is 0 Å². The molecule has 1 aromatic rings. The van der Waals surface area contributed by atoms with Crippen LogP contribution in [0.5, 0.6) is 5.75 Å². The Morgan fingerprint density at radius 1 is 1.39 bits per heavy atom. The number of terminal acetylenes is 1. The van der Waals surface area contributed by atoms with Crippen molar-refractivity contribution in [2.24, 2.45) is 0 Å². The largest absolute Gasteiger partial charge is 0.493 e. The van der Waals surface area contributed by atoms with Crippen molar-refractivity contribution in [1.29, 1.82) is 0 Å². The van der Waals surface area contributed by atoms with Crippen LogP contribution in [0.15, 0.2) is 24.3 Å². The van der Waals surface area contributed by atoms with Gasteiger partial charge >= 0.3 is 0 Å². The van der Waals surface area contributed by atoms with E-state index in [9.17, 15) is 5.11 Å². The lowest BCUT2D eigenvalue weighted by Gasteiger charge is -2.15. The van der Waals surface area contributed by atoms with Gasteiger partial charge in [-0.2, -0.15) is 0 Å². The van der Waals surface area contributed by atoms with Crippen LogP contribution in [0, 0.1) is 12.3 Å². The lowest BCUT2D eigenvalue weighted by Crippen LogP contribution is -2.21. The molecule has 0 spiro atoms. The second-order valence-electron chi connectivity index (χ2n) is 4.62. The molecule has 0 amide bonds. The molecular formula is C15H19NO2. The highest BCUT2D eigenvalue weighted by molar-refractivity contribution is 5.27. The van der Waals surface area contributed by atoms with E-state index in [0.29, 0.717) is 13.0 Å². The van der Waals surface area contributed by atoms with Crippen LogP contribution < -0.4 is 4.74 Å². The second kappa shape index (κ2) is 6.44. The maximum Gasteiger partial charge on any atom is 0.119 e. The van der Waals surface area contributed by atoms with Crippen molar-refractivity contribution in [3.05, 3.63) is 29.8 Å². The third kappa shape index (κ3) is 3.76. The van der Waals surface area contributed by atoms with Gasteiger partial charge in [-0.15, -0.1) is 12.3 Å². The van der Waals surface area contributed by atoms with Gasteiger partial charge in [-0.25, -0.2) is 0 Å². The molecule has 0 unspecified atom stereocenters. The molecule has 1 aromatic carbocycles. The molecule has 3 heteroatoms. The standard InChI is InChI=1S/C15H19NO2/c1-2-3-10-18-15-6-4-13(5-7-15)11-16-9-8-14(17)12-16/h1,4-7,14,17H,3,8-12H2/t14-/m0/s1. The first-order valence-electron chi connectivity index (χ1n) is 6.33. The molecule has 96 valence electrons. The average molecular weight is 245 g/mol. The number of hydrogen-bond donors (Lipinski definition) is 1. The minimum absolute atomic E-state index is 0.156. The number of hydrogen-bond acceptors (Lipinski definition) is 3. The number of β-amino-alcohol motifs (C(OH)–C–C–N with tert-alkyl or cyclic N) is 1. The van der Waals surface area contributed by atoms with Gasteiger partial charge in [0.15, 0.2) is 0 Å². The summed E-state index contributed by atoms with van der Waals surface area (Å²) in [7, 11) is 0. The molecule has 1 fully saturated rings. The highest BCUT2D eigenvalue weighted by atomic mass is 16.5. The van der Waals surface area contributed by atoms with E-state index in [-0.39, 0.29) is 6.10 Å². The van der Waals surface area contributed by atoms with Gasteiger partial charge in [-0.3, -0.25) is 4.90 Å². The zero-order valence-corrected chi connectivity index (χ0v) is 10.5. The number of nitrogens with zero attached hydrogens (tertiary/aromatic N) is 1. The van der Waals surface area contributed by atoms with Crippen molar-refractivity contribution in [2.75, 3.05) is 19.7 Å². The Morgan fingerprint density at radius 2 is 2.17 bits per heavy atom. The second-order valence-corrected chi connectivity index (χ2v) is 4.62. The molecule has 1 N–H and O–H groups in total. The third-order valence-electron chi connectivity index (χ3n) is 3.09. The van der Waals surface area contributed by atoms with Crippen LogP contribution in [-0.2, 0) is 6.54 Å². The minimum Gasteiger partial charge on any atom is -0.493 e. The van der Waals surface area contributed by atoms with E-state index in [4.69, 9.17) is 11.2 Å². The number of aliphatic hydroxyl groups excluding tert-OH is 1. The summed E-state index contributed by atoms with van der Waals surface area (Å²) in [5.41, 5.74) is 1.24. The summed E-state index contributed by atoms with van der Waals surface area (Å²) in [6.07, 6.45) is 6.52. The van der Waals surface area contributed by atoms with E-state index in [1.165, 1.54) is 5.56 Å². The highest BCUT2D eigenvalue weighted by Gasteiger charge is 2.19. The molecule has 18 heavy (non-hydrogen) atoms. The molecular weight excluding hydrogens is 226 g/mol. The summed E-state index contributed by atoms with van der Waals surface area (Å²) in [5.74, 6) is 3.40. The molecule has 0 aromatic heterocycles. The maximum atomic E-state index is 9.46. The Balaban J connectivity index is 1.82. The van der Waals surface area contributed by atoms with Crippen LogP contribution in [0.4, 0.5) is 0 Å². The van der Waals surface area contributed by atoms with E-state index in [1.807, 2.05) is 12.1 Å². The Morgan fingerprint density at radius 3 is 2.78 bits per heavy atom. The molecule has 2 rings (SSSR count). The molecule has 0 saturated carbocycles. The topological polar surface area (TPSA) is 32.7 Å². The zero-order valence-electron chi connectivity index (χ0n) is 10.5. The van der Waals surface area contributed by atoms with Gasteiger partial charge in [0.1, 0.15) is 5.75 Å². The summed E-state index contributed by atoms with van der Waals surface area (Å²) >= 11 is 0. The van der Waals surface area contributed by atoms with Gasteiger partial charge in [-0.05, 0) is 24.1 Å². The van der Waals surface area contributed by atoms with Crippen molar-refractivity contribution in [3.8, 4) is 18.1 Å².